The van der Waals surface area contributed by atoms with E-state index in [4.69, 9.17) is 4.52 Å². The van der Waals surface area contributed by atoms with E-state index in [0.717, 1.165) is 17.5 Å². The third-order valence-electron chi connectivity index (χ3n) is 6.08. The van der Waals surface area contributed by atoms with Crippen LogP contribution in [0.5, 0.6) is 0 Å². The summed E-state index contributed by atoms with van der Waals surface area (Å²) in [4.78, 5) is 32.2. The molecule has 1 amide bonds. The Bertz CT molecular complexity index is 1360. The Balaban J connectivity index is 1.45. The Labute approximate surface area is 190 Å². The van der Waals surface area contributed by atoms with E-state index < -0.39 is 0 Å². The van der Waals surface area contributed by atoms with Gasteiger partial charge in [-0.1, -0.05) is 48.8 Å². The molecule has 2 unspecified atom stereocenters. The molecule has 33 heavy (non-hydrogen) atoms. The molecule has 9 nitrogen and oxygen atoms in total. The van der Waals surface area contributed by atoms with Crippen molar-refractivity contribution in [2.45, 2.75) is 33.7 Å². The third-order valence-corrected chi connectivity index (χ3v) is 6.08. The van der Waals surface area contributed by atoms with E-state index in [1.165, 1.54) is 9.08 Å². The molecule has 4 aromatic rings. The van der Waals surface area contributed by atoms with Crippen LogP contribution in [0.25, 0.3) is 28.5 Å². The molecule has 170 valence electrons. The average Bonchev–Trinajstić information content (AvgIpc) is 3.39. The number of rotatable bonds is 4. The van der Waals surface area contributed by atoms with Crippen LogP contribution in [0.1, 0.15) is 25.8 Å². The summed E-state index contributed by atoms with van der Waals surface area (Å²) in [6.07, 6.45) is 2.73. The molecule has 4 heterocycles. The number of carbonyl (C=O) groups is 1. The van der Waals surface area contributed by atoms with E-state index in [9.17, 15) is 9.59 Å². The number of nitrogens with zero attached hydrogens (tertiary/aromatic N) is 6. The third kappa shape index (κ3) is 4.06. The number of hydrogen-bond donors (Lipinski definition) is 0. The number of fused-ring (bicyclic) bond motifs is 1. The average molecular weight is 447 g/mol. The van der Waals surface area contributed by atoms with Gasteiger partial charge in [0.2, 0.25) is 11.7 Å². The van der Waals surface area contributed by atoms with Crippen molar-refractivity contribution in [2.24, 2.45) is 11.8 Å². The van der Waals surface area contributed by atoms with E-state index in [1.54, 1.807) is 18.3 Å². The standard InChI is InChI=1S/C24H26N6O3/c1-15-6-8-18(9-7-15)21-25-23(33-27-21)19-5-4-10-29-22(19)26-30(24(29)32)14-20(31)28-12-16(2)11-17(3)13-28/h4-10,16-17H,11-14H2,1-3H3. The Morgan fingerprint density at radius 3 is 2.58 bits per heavy atom. The minimum absolute atomic E-state index is 0.0973. The van der Waals surface area contributed by atoms with Gasteiger partial charge in [0.1, 0.15) is 6.54 Å². The normalized spacial score (nSPS) is 18.7. The first kappa shape index (κ1) is 21.1. The monoisotopic (exact) mass is 446 g/mol. The molecule has 0 bridgehead atoms. The van der Waals surface area contributed by atoms with E-state index in [1.807, 2.05) is 36.1 Å². The van der Waals surface area contributed by atoms with Crippen molar-refractivity contribution in [2.75, 3.05) is 13.1 Å². The molecule has 0 saturated carbocycles. The molecule has 3 aromatic heterocycles. The van der Waals surface area contributed by atoms with Crippen LogP contribution >= 0.6 is 0 Å². The van der Waals surface area contributed by atoms with Crippen LogP contribution in [-0.4, -0.2) is 48.2 Å². The molecule has 0 radical (unpaired) electrons. The van der Waals surface area contributed by atoms with Crippen molar-refractivity contribution in [1.82, 2.24) is 29.2 Å². The number of amides is 1. The fourth-order valence-corrected chi connectivity index (χ4v) is 4.56. The number of pyridine rings is 1. The second kappa shape index (κ2) is 8.31. The number of aromatic nitrogens is 5. The summed E-state index contributed by atoms with van der Waals surface area (Å²) in [5, 5.41) is 8.53. The molecule has 1 fully saturated rings. The lowest BCUT2D eigenvalue weighted by Gasteiger charge is -2.34. The van der Waals surface area contributed by atoms with E-state index in [-0.39, 0.29) is 24.0 Å². The van der Waals surface area contributed by atoms with Crippen molar-refractivity contribution < 1.29 is 9.32 Å². The minimum atomic E-state index is -0.378. The zero-order valence-corrected chi connectivity index (χ0v) is 18.9. The van der Waals surface area contributed by atoms with Gasteiger partial charge in [-0.25, -0.2) is 13.9 Å². The van der Waals surface area contributed by atoms with Gasteiger partial charge in [-0.15, -0.1) is 5.10 Å². The summed E-state index contributed by atoms with van der Waals surface area (Å²) < 4.78 is 8.10. The molecule has 2 atom stereocenters. The molecule has 1 aliphatic heterocycles. The highest BCUT2D eigenvalue weighted by Crippen LogP contribution is 2.25. The second-order valence-electron chi connectivity index (χ2n) is 9.09. The van der Waals surface area contributed by atoms with E-state index >= 15 is 0 Å². The predicted molar refractivity (Wildman–Crippen MR) is 122 cm³/mol. The van der Waals surface area contributed by atoms with Gasteiger partial charge in [-0.05, 0) is 37.3 Å². The van der Waals surface area contributed by atoms with Crippen LogP contribution in [0.2, 0.25) is 0 Å². The van der Waals surface area contributed by atoms with Gasteiger partial charge in [0.15, 0.2) is 5.65 Å². The van der Waals surface area contributed by atoms with Crippen LogP contribution in [0.15, 0.2) is 51.9 Å². The zero-order chi connectivity index (χ0) is 23.1. The Hall–Kier alpha value is -3.75. The van der Waals surface area contributed by atoms with Crippen LogP contribution in [0, 0.1) is 18.8 Å². The maximum atomic E-state index is 12.9. The first-order chi connectivity index (χ1) is 15.9. The zero-order valence-electron chi connectivity index (χ0n) is 18.9. The molecule has 0 aliphatic carbocycles. The molecular formula is C24H26N6O3. The highest BCUT2D eigenvalue weighted by atomic mass is 16.5. The van der Waals surface area contributed by atoms with Crippen LogP contribution in [0.3, 0.4) is 0 Å². The molecular weight excluding hydrogens is 420 g/mol. The number of hydrogen-bond acceptors (Lipinski definition) is 6. The lowest BCUT2D eigenvalue weighted by molar-refractivity contribution is -0.134. The van der Waals surface area contributed by atoms with Gasteiger partial charge in [-0.2, -0.15) is 4.98 Å². The largest absolute Gasteiger partial charge is 0.350 e. The maximum absolute atomic E-state index is 12.9. The minimum Gasteiger partial charge on any atom is -0.341 e. The Morgan fingerprint density at radius 2 is 1.85 bits per heavy atom. The predicted octanol–water partition coefficient (Wildman–Crippen LogP) is 3.03. The summed E-state index contributed by atoms with van der Waals surface area (Å²) in [5.74, 6) is 1.51. The molecule has 0 N–H and O–H groups in total. The smallest absolute Gasteiger partial charge is 0.341 e. The number of piperidine rings is 1. The highest BCUT2D eigenvalue weighted by Gasteiger charge is 2.26. The van der Waals surface area contributed by atoms with Crippen molar-refractivity contribution in [3.05, 3.63) is 58.6 Å². The molecule has 1 saturated heterocycles. The first-order valence-corrected chi connectivity index (χ1v) is 11.2. The second-order valence-corrected chi connectivity index (χ2v) is 9.09. The summed E-state index contributed by atoms with van der Waals surface area (Å²) in [7, 11) is 0. The molecule has 0 spiro atoms. The fraction of sp³-hybridized carbons (Fsp3) is 0.375. The first-order valence-electron chi connectivity index (χ1n) is 11.2. The molecule has 5 rings (SSSR count). The quantitative estimate of drug-likeness (QED) is 0.478. The molecule has 1 aliphatic rings. The summed E-state index contributed by atoms with van der Waals surface area (Å²) in [6.45, 7) is 7.62. The van der Waals surface area contributed by atoms with Crippen LogP contribution < -0.4 is 5.69 Å². The number of carbonyl (C=O) groups excluding carboxylic acids is 1. The maximum Gasteiger partial charge on any atom is 0.350 e. The van der Waals surface area contributed by atoms with Gasteiger partial charge < -0.3 is 9.42 Å². The molecule has 1 aromatic carbocycles. The van der Waals surface area contributed by atoms with Crippen LogP contribution in [0.4, 0.5) is 0 Å². The summed E-state index contributed by atoms with van der Waals surface area (Å²) in [5.41, 5.74) is 2.50. The highest BCUT2D eigenvalue weighted by molar-refractivity contribution is 5.76. The van der Waals surface area contributed by atoms with E-state index in [0.29, 0.717) is 42.0 Å². The summed E-state index contributed by atoms with van der Waals surface area (Å²) in [6, 6.07) is 11.3. The Kier molecular flexibility index (Phi) is 5.32. The topological polar surface area (TPSA) is 98.5 Å². The van der Waals surface area contributed by atoms with Crippen molar-refractivity contribution >= 4 is 11.6 Å². The van der Waals surface area contributed by atoms with E-state index in [2.05, 4.69) is 29.1 Å². The Morgan fingerprint density at radius 1 is 1.12 bits per heavy atom. The van der Waals surface area contributed by atoms with Gasteiger partial charge in [-0.3, -0.25) is 4.79 Å². The fourth-order valence-electron chi connectivity index (χ4n) is 4.56. The van der Waals surface area contributed by atoms with Crippen LogP contribution in [-0.2, 0) is 11.3 Å². The molecule has 9 heteroatoms. The van der Waals surface area contributed by atoms with Gasteiger partial charge in [0.05, 0.1) is 5.56 Å². The number of likely N-dealkylation sites (tertiary alicyclic amines) is 1. The lowest BCUT2D eigenvalue weighted by atomic mass is 9.92. The van der Waals surface area contributed by atoms with Crippen molar-refractivity contribution in [1.29, 1.82) is 0 Å². The van der Waals surface area contributed by atoms with Gasteiger partial charge in [0, 0.05) is 24.8 Å². The lowest BCUT2D eigenvalue weighted by Crippen LogP contribution is -2.45. The number of benzene rings is 1. The van der Waals surface area contributed by atoms with Gasteiger partial charge in [0.25, 0.3) is 5.89 Å². The number of aryl methyl sites for hydroxylation is 1. The van der Waals surface area contributed by atoms with Crippen molar-refractivity contribution in [3.8, 4) is 22.8 Å². The van der Waals surface area contributed by atoms with Gasteiger partial charge >= 0.3 is 5.69 Å². The SMILES string of the molecule is Cc1ccc(-c2noc(-c3cccn4c(=O)n(CC(=O)N5CC(C)CC(C)C5)nc34)n2)cc1. The van der Waals surface area contributed by atoms with Crippen molar-refractivity contribution in [3.63, 3.8) is 0 Å². The summed E-state index contributed by atoms with van der Waals surface area (Å²) >= 11 is 0.